The topological polar surface area (TPSA) is 70.9 Å². The van der Waals surface area contributed by atoms with E-state index in [4.69, 9.17) is 4.74 Å². The summed E-state index contributed by atoms with van der Waals surface area (Å²) < 4.78 is 5.88. The van der Waals surface area contributed by atoms with Gasteiger partial charge in [0.15, 0.2) is 16.7 Å². The van der Waals surface area contributed by atoms with Gasteiger partial charge in [-0.1, -0.05) is 35.0 Å². The molecule has 0 atom stereocenters. The second-order valence-corrected chi connectivity index (χ2v) is 7.49. The molecule has 2 aromatic carbocycles. The third-order valence-electron chi connectivity index (χ3n) is 3.80. The second kappa shape index (κ2) is 7.97. The first kappa shape index (κ1) is 18.5. The first-order chi connectivity index (χ1) is 12.5. The van der Waals surface area contributed by atoms with Crippen LogP contribution in [0.1, 0.15) is 18.1 Å². The quantitative estimate of drug-likeness (QED) is 0.691. The van der Waals surface area contributed by atoms with Crippen LogP contribution in [0.25, 0.3) is 6.08 Å². The highest BCUT2D eigenvalue weighted by Gasteiger charge is 2.24. The number of aliphatic imine (C=N–C) groups is 1. The van der Waals surface area contributed by atoms with E-state index in [1.54, 1.807) is 18.2 Å². The molecule has 0 aliphatic carbocycles. The van der Waals surface area contributed by atoms with Crippen LogP contribution >= 0.6 is 27.7 Å². The normalized spacial score (nSPS) is 17.0. The van der Waals surface area contributed by atoms with Crippen LogP contribution in [0.15, 0.2) is 50.8 Å². The summed E-state index contributed by atoms with van der Waals surface area (Å²) in [5.74, 6) is 0.0638. The Morgan fingerprint density at radius 3 is 2.69 bits per heavy atom. The largest absolute Gasteiger partial charge is 0.504 e. The molecule has 1 saturated heterocycles. The minimum Gasteiger partial charge on any atom is -0.504 e. The minimum atomic E-state index is -0.253. The summed E-state index contributed by atoms with van der Waals surface area (Å²) in [6.45, 7) is 2.09. The molecular formula is C19H17BrN2O3S. The third-order valence-corrected chi connectivity index (χ3v) is 5.17. The number of thioether (sulfide) groups is 1. The van der Waals surface area contributed by atoms with Crippen LogP contribution in [-0.4, -0.2) is 23.3 Å². The van der Waals surface area contributed by atoms with Gasteiger partial charge in [-0.2, -0.15) is 0 Å². The average molecular weight is 433 g/mol. The van der Waals surface area contributed by atoms with Crippen molar-refractivity contribution in [1.82, 2.24) is 5.32 Å². The van der Waals surface area contributed by atoms with Crippen LogP contribution in [0.2, 0.25) is 0 Å². The lowest BCUT2D eigenvalue weighted by Gasteiger charge is -2.07. The highest BCUT2D eigenvalue weighted by Crippen LogP contribution is 2.37. The number of phenols is 1. The van der Waals surface area contributed by atoms with Crippen molar-refractivity contribution >= 4 is 50.5 Å². The molecule has 26 heavy (non-hydrogen) atoms. The van der Waals surface area contributed by atoms with Gasteiger partial charge in [0.05, 0.1) is 17.7 Å². The van der Waals surface area contributed by atoms with Crippen molar-refractivity contribution in [3.8, 4) is 11.5 Å². The van der Waals surface area contributed by atoms with Crippen molar-refractivity contribution in [3.05, 3.63) is 56.9 Å². The van der Waals surface area contributed by atoms with Crippen molar-refractivity contribution in [2.24, 2.45) is 4.99 Å². The second-order valence-electron chi connectivity index (χ2n) is 5.55. The molecule has 1 aliphatic rings. The molecule has 0 saturated carbocycles. The zero-order valence-corrected chi connectivity index (χ0v) is 16.6. The zero-order valence-electron chi connectivity index (χ0n) is 14.2. The van der Waals surface area contributed by atoms with Gasteiger partial charge in [-0.25, -0.2) is 4.99 Å². The molecule has 1 fully saturated rings. The third kappa shape index (κ3) is 4.11. The minimum absolute atomic E-state index is 0.0165. The summed E-state index contributed by atoms with van der Waals surface area (Å²) in [7, 11) is 1.48. The van der Waals surface area contributed by atoms with Crippen LogP contribution in [0.5, 0.6) is 11.5 Å². The van der Waals surface area contributed by atoms with Crippen molar-refractivity contribution < 1.29 is 14.6 Å². The molecule has 1 aliphatic heterocycles. The number of rotatable bonds is 4. The van der Waals surface area contributed by atoms with E-state index in [0.717, 1.165) is 16.6 Å². The van der Waals surface area contributed by atoms with Crippen molar-refractivity contribution in [2.75, 3.05) is 7.11 Å². The fraction of sp³-hybridized carbons (Fsp3) is 0.158. The predicted molar refractivity (Wildman–Crippen MR) is 109 cm³/mol. The first-order valence-corrected chi connectivity index (χ1v) is 9.56. The number of carbonyl (C=O) groups is 1. The molecule has 2 aromatic rings. The fourth-order valence-electron chi connectivity index (χ4n) is 2.41. The lowest BCUT2D eigenvalue weighted by atomic mass is 10.1. The van der Waals surface area contributed by atoms with Gasteiger partial charge in [0.2, 0.25) is 0 Å². The summed E-state index contributed by atoms with van der Waals surface area (Å²) in [6.07, 6.45) is 2.58. The smallest absolute Gasteiger partial charge is 0.264 e. The van der Waals surface area contributed by atoms with Gasteiger partial charge in [0.25, 0.3) is 5.91 Å². The van der Waals surface area contributed by atoms with E-state index in [1.807, 2.05) is 24.3 Å². The molecule has 0 radical (unpaired) electrons. The Morgan fingerprint density at radius 1 is 1.31 bits per heavy atom. The number of hydrogen-bond acceptors (Lipinski definition) is 5. The Bertz CT molecular complexity index is 908. The standard InChI is InChI=1S/C19H17BrN2O3S/c1-3-11-4-6-14(7-5-11)21-19-22-18(24)16(26-19)9-12-8-13(20)10-15(25-2)17(12)23/h4-10,23H,3H2,1-2H3,(H,21,22,24)/b16-9-. The predicted octanol–water partition coefficient (Wildman–Crippen LogP) is 4.62. The summed E-state index contributed by atoms with van der Waals surface area (Å²) in [6, 6.07) is 11.3. The number of aromatic hydroxyl groups is 1. The summed E-state index contributed by atoms with van der Waals surface area (Å²) >= 11 is 4.60. The number of nitrogens with one attached hydrogen (secondary N) is 1. The van der Waals surface area contributed by atoms with Crippen molar-refractivity contribution in [2.45, 2.75) is 13.3 Å². The number of ether oxygens (including phenoxy) is 1. The number of carbonyl (C=O) groups excluding carboxylic acids is 1. The van der Waals surface area contributed by atoms with Gasteiger partial charge >= 0.3 is 0 Å². The van der Waals surface area contributed by atoms with Gasteiger partial charge in [0, 0.05) is 10.0 Å². The number of hydrogen-bond donors (Lipinski definition) is 2. The van der Waals surface area contributed by atoms with E-state index < -0.39 is 0 Å². The Kier molecular flexibility index (Phi) is 5.68. The van der Waals surface area contributed by atoms with E-state index in [2.05, 4.69) is 33.2 Å². The highest BCUT2D eigenvalue weighted by molar-refractivity contribution is 9.10. The summed E-state index contributed by atoms with van der Waals surface area (Å²) in [4.78, 5) is 17.1. The molecule has 0 unspecified atom stereocenters. The van der Waals surface area contributed by atoms with Gasteiger partial charge in [-0.3, -0.25) is 4.79 Å². The summed E-state index contributed by atoms with van der Waals surface area (Å²) in [5, 5.41) is 13.5. The van der Waals surface area contributed by atoms with Crippen molar-refractivity contribution in [1.29, 1.82) is 0 Å². The van der Waals surface area contributed by atoms with E-state index in [9.17, 15) is 9.90 Å². The lowest BCUT2D eigenvalue weighted by Crippen LogP contribution is -2.19. The molecule has 2 N–H and O–H groups in total. The number of aryl methyl sites for hydroxylation is 1. The summed E-state index contributed by atoms with van der Waals surface area (Å²) in [5.41, 5.74) is 2.50. The van der Waals surface area contributed by atoms with Crippen LogP contribution in [0, 0.1) is 0 Å². The maximum Gasteiger partial charge on any atom is 0.264 e. The van der Waals surface area contributed by atoms with Crippen LogP contribution in [0.4, 0.5) is 5.69 Å². The Hall–Kier alpha value is -2.25. The van der Waals surface area contributed by atoms with E-state index in [0.29, 0.717) is 21.4 Å². The number of amidine groups is 1. The Balaban J connectivity index is 1.86. The number of phenolic OH excluding ortho intramolecular Hbond substituents is 1. The molecular weight excluding hydrogens is 416 g/mol. The molecule has 1 heterocycles. The van der Waals surface area contributed by atoms with Gasteiger partial charge < -0.3 is 15.2 Å². The zero-order chi connectivity index (χ0) is 18.7. The van der Waals surface area contributed by atoms with Crippen LogP contribution in [-0.2, 0) is 11.2 Å². The van der Waals surface area contributed by atoms with E-state index in [1.165, 1.54) is 24.4 Å². The van der Waals surface area contributed by atoms with Gasteiger partial charge in [-0.05, 0) is 54.1 Å². The Labute approximate surface area is 164 Å². The van der Waals surface area contributed by atoms with Gasteiger partial charge in [0.1, 0.15) is 0 Å². The molecule has 0 spiro atoms. The van der Waals surface area contributed by atoms with E-state index in [-0.39, 0.29) is 11.7 Å². The number of halogens is 1. The highest BCUT2D eigenvalue weighted by atomic mass is 79.9. The number of benzene rings is 2. The molecule has 0 aromatic heterocycles. The first-order valence-electron chi connectivity index (χ1n) is 7.95. The number of methoxy groups -OCH3 is 1. The fourth-order valence-corrected chi connectivity index (χ4v) is 3.69. The number of amides is 1. The maximum absolute atomic E-state index is 12.2. The molecule has 7 heteroatoms. The van der Waals surface area contributed by atoms with Crippen LogP contribution in [0.3, 0.4) is 0 Å². The van der Waals surface area contributed by atoms with Crippen LogP contribution < -0.4 is 10.1 Å². The lowest BCUT2D eigenvalue weighted by molar-refractivity contribution is -0.115. The monoisotopic (exact) mass is 432 g/mol. The maximum atomic E-state index is 12.2. The SMILES string of the molecule is CCc1ccc(N=C2NC(=O)/C(=C/c3cc(Br)cc(OC)c3O)S2)cc1. The molecule has 1 amide bonds. The Morgan fingerprint density at radius 2 is 2.04 bits per heavy atom. The molecule has 3 rings (SSSR count). The average Bonchev–Trinajstić information content (AvgIpc) is 2.97. The number of nitrogens with zero attached hydrogens (tertiary/aromatic N) is 1. The molecule has 5 nitrogen and oxygen atoms in total. The van der Waals surface area contributed by atoms with Crippen molar-refractivity contribution in [3.63, 3.8) is 0 Å². The molecule has 134 valence electrons. The van der Waals surface area contributed by atoms with Gasteiger partial charge in [-0.15, -0.1) is 0 Å². The molecule has 0 bridgehead atoms. The van der Waals surface area contributed by atoms with E-state index >= 15 is 0 Å².